The van der Waals surface area contributed by atoms with Gasteiger partial charge in [-0.3, -0.25) is 9.79 Å². The SMILES string of the molecule is CN=C(NNC)[C@H](O)[C@@H](O)C(=O)NCC1CCN(c2ccc(F)cc2C#N)CC1. The van der Waals surface area contributed by atoms with Crippen molar-refractivity contribution in [1.29, 1.82) is 5.26 Å². The minimum absolute atomic E-state index is 0.0519. The average molecular weight is 406 g/mol. The van der Waals surface area contributed by atoms with E-state index in [1.807, 2.05) is 11.0 Å². The fraction of sp³-hybridized carbons (Fsp3) is 0.526. The van der Waals surface area contributed by atoms with Gasteiger partial charge in [-0.2, -0.15) is 5.26 Å². The van der Waals surface area contributed by atoms with Crippen LogP contribution in [0.5, 0.6) is 0 Å². The van der Waals surface area contributed by atoms with Crippen molar-refractivity contribution in [2.75, 3.05) is 38.6 Å². The Kier molecular flexibility index (Phi) is 8.33. The number of aliphatic imine (C=N–C) groups is 1. The zero-order chi connectivity index (χ0) is 21.4. The van der Waals surface area contributed by atoms with Gasteiger partial charge in [0.15, 0.2) is 6.10 Å². The number of amidine groups is 1. The maximum absolute atomic E-state index is 13.3. The molecule has 1 heterocycles. The molecule has 158 valence electrons. The average Bonchev–Trinajstić information content (AvgIpc) is 2.75. The Morgan fingerprint density at radius 1 is 1.38 bits per heavy atom. The third kappa shape index (κ3) is 5.87. The van der Waals surface area contributed by atoms with Crippen LogP contribution in [0.1, 0.15) is 18.4 Å². The van der Waals surface area contributed by atoms with E-state index in [-0.39, 0.29) is 11.8 Å². The molecule has 1 aromatic carbocycles. The summed E-state index contributed by atoms with van der Waals surface area (Å²) in [5, 5.41) is 31.9. The smallest absolute Gasteiger partial charge is 0.252 e. The van der Waals surface area contributed by atoms with Gasteiger partial charge in [-0.15, -0.1) is 0 Å². The first-order chi connectivity index (χ1) is 13.9. The Morgan fingerprint density at radius 2 is 2.07 bits per heavy atom. The van der Waals surface area contributed by atoms with E-state index in [0.717, 1.165) is 12.8 Å². The lowest BCUT2D eigenvalue weighted by Gasteiger charge is -2.34. The fourth-order valence-corrected chi connectivity index (χ4v) is 3.28. The van der Waals surface area contributed by atoms with Crippen LogP contribution in [0.25, 0.3) is 0 Å². The number of aliphatic hydroxyl groups is 2. The molecule has 9 nitrogen and oxygen atoms in total. The first-order valence-corrected chi connectivity index (χ1v) is 9.39. The number of carbonyl (C=O) groups is 1. The number of rotatable bonds is 7. The molecule has 1 aliphatic heterocycles. The monoisotopic (exact) mass is 406 g/mol. The van der Waals surface area contributed by atoms with Gasteiger partial charge in [0, 0.05) is 33.7 Å². The van der Waals surface area contributed by atoms with Crippen LogP contribution in [0.15, 0.2) is 23.2 Å². The van der Waals surface area contributed by atoms with Crippen LogP contribution in [0, 0.1) is 23.1 Å². The summed E-state index contributed by atoms with van der Waals surface area (Å²) >= 11 is 0. The maximum Gasteiger partial charge on any atom is 0.252 e. The lowest BCUT2D eigenvalue weighted by Crippen LogP contribution is -2.52. The van der Waals surface area contributed by atoms with Crippen molar-refractivity contribution in [1.82, 2.24) is 16.2 Å². The van der Waals surface area contributed by atoms with Gasteiger partial charge in [0.05, 0.1) is 11.3 Å². The molecule has 1 fully saturated rings. The quantitative estimate of drug-likeness (QED) is 0.234. The molecule has 2 rings (SSSR count). The molecule has 0 radical (unpaired) electrons. The molecule has 10 heteroatoms. The highest BCUT2D eigenvalue weighted by Crippen LogP contribution is 2.26. The highest BCUT2D eigenvalue weighted by molar-refractivity contribution is 5.93. The summed E-state index contributed by atoms with van der Waals surface area (Å²) in [5.41, 5.74) is 6.15. The number of amides is 1. The summed E-state index contributed by atoms with van der Waals surface area (Å²) in [5.74, 6) is -0.870. The molecule has 1 aliphatic rings. The normalized spacial score (nSPS) is 17.4. The summed E-state index contributed by atoms with van der Waals surface area (Å²) in [4.78, 5) is 18.0. The Bertz CT molecular complexity index is 774. The van der Waals surface area contributed by atoms with Crippen LogP contribution in [-0.4, -0.2) is 67.9 Å². The second-order valence-electron chi connectivity index (χ2n) is 6.82. The second-order valence-corrected chi connectivity index (χ2v) is 6.82. The van der Waals surface area contributed by atoms with Crippen molar-refractivity contribution in [2.45, 2.75) is 25.0 Å². The summed E-state index contributed by atoms with van der Waals surface area (Å²) in [6, 6.07) is 6.20. The molecule has 5 N–H and O–H groups in total. The first kappa shape index (κ1) is 22.5. The molecule has 1 amide bonds. The topological polar surface area (TPSA) is 133 Å². The number of nitriles is 1. The van der Waals surface area contributed by atoms with Crippen molar-refractivity contribution in [2.24, 2.45) is 10.9 Å². The number of aliphatic hydroxyl groups excluding tert-OH is 2. The van der Waals surface area contributed by atoms with Crippen LogP contribution in [0.3, 0.4) is 0 Å². The maximum atomic E-state index is 13.3. The summed E-state index contributed by atoms with van der Waals surface area (Å²) < 4.78 is 13.3. The van der Waals surface area contributed by atoms with E-state index in [9.17, 15) is 24.7 Å². The molecule has 0 unspecified atom stereocenters. The van der Waals surface area contributed by atoms with Gasteiger partial charge in [0.1, 0.15) is 23.8 Å². The molecule has 0 spiro atoms. The fourth-order valence-electron chi connectivity index (χ4n) is 3.28. The lowest BCUT2D eigenvalue weighted by atomic mass is 9.95. The number of halogens is 1. The third-order valence-corrected chi connectivity index (χ3v) is 4.94. The number of hydrogen-bond donors (Lipinski definition) is 5. The number of benzene rings is 1. The number of nitrogens with zero attached hydrogens (tertiary/aromatic N) is 3. The Balaban J connectivity index is 1.84. The zero-order valence-electron chi connectivity index (χ0n) is 16.5. The van der Waals surface area contributed by atoms with Crippen LogP contribution in [0.4, 0.5) is 10.1 Å². The minimum atomic E-state index is -1.65. The van der Waals surface area contributed by atoms with Crippen LogP contribution in [-0.2, 0) is 4.79 Å². The number of hydrazine groups is 1. The van der Waals surface area contributed by atoms with Crippen molar-refractivity contribution in [3.8, 4) is 6.07 Å². The predicted octanol–water partition coefficient (Wildman–Crippen LogP) is -0.496. The van der Waals surface area contributed by atoms with E-state index in [0.29, 0.717) is 30.9 Å². The summed E-state index contributed by atoms with van der Waals surface area (Å²) in [7, 11) is 3.00. The van der Waals surface area contributed by atoms with Crippen LogP contribution >= 0.6 is 0 Å². The van der Waals surface area contributed by atoms with Crippen molar-refractivity contribution < 1.29 is 19.4 Å². The van der Waals surface area contributed by atoms with Crippen molar-refractivity contribution in [3.05, 3.63) is 29.6 Å². The van der Waals surface area contributed by atoms with E-state index in [1.54, 1.807) is 13.1 Å². The molecule has 29 heavy (non-hydrogen) atoms. The number of carbonyl (C=O) groups excluding carboxylic acids is 1. The van der Waals surface area contributed by atoms with Crippen LogP contribution < -0.4 is 21.1 Å². The lowest BCUT2D eigenvalue weighted by molar-refractivity contribution is -0.133. The van der Waals surface area contributed by atoms with Crippen molar-refractivity contribution >= 4 is 17.4 Å². The molecular weight excluding hydrogens is 379 g/mol. The summed E-state index contributed by atoms with van der Waals surface area (Å²) in [6.45, 7) is 1.71. The molecule has 0 aliphatic carbocycles. The van der Waals surface area contributed by atoms with E-state index >= 15 is 0 Å². The van der Waals surface area contributed by atoms with Gasteiger partial charge >= 0.3 is 0 Å². The summed E-state index contributed by atoms with van der Waals surface area (Å²) in [6.07, 6.45) is -1.59. The highest BCUT2D eigenvalue weighted by Gasteiger charge is 2.29. The van der Waals surface area contributed by atoms with Gasteiger partial charge < -0.3 is 25.9 Å². The van der Waals surface area contributed by atoms with Gasteiger partial charge in [0.2, 0.25) is 0 Å². The van der Waals surface area contributed by atoms with Crippen molar-refractivity contribution in [3.63, 3.8) is 0 Å². The first-order valence-electron chi connectivity index (χ1n) is 9.39. The Hall–Kier alpha value is -2.74. The van der Waals surface area contributed by atoms with Gasteiger partial charge in [-0.25, -0.2) is 9.82 Å². The van der Waals surface area contributed by atoms with Crippen LogP contribution in [0.2, 0.25) is 0 Å². The van der Waals surface area contributed by atoms with Gasteiger partial charge in [-0.05, 0) is 37.0 Å². The molecule has 0 bridgehead atoms. The molecule has 1 aromatic rings. The largest absolute Gasteiger partial charge is 0.382 e. The minimum Gasteiger partial charge on any atom is -0.382 e. The van der Waals surface area contributed by atoms with E-state index in [4.69, 9.17) is 0 Å². The standard InChI is InChI=1S/C19H27FN6O3/c1-22-18(25-23-2)16(27)17(28)19(29)24-11-12-5-7-26(8-6-12)15-4-3-14(20)9-13(15)10-21/h3-4,9,12,16-17,23,27-28H,5-8,11H2,1-2H3,(H,22,25)(H,24,29)/t16-,17-/m1/s1. The van der Waals surface area contributed by atoms with Gasteiger partial charge in [0.25, 0.3) is 5.91 Å². The molecular formula is C19H27FN6O3. The number of nitrogens with one attached hydrogen (secondary N) is 3. The molecule has 1 saturated heterocycles. The zero-order valence-corrected chi connectivity index (χ0v) is 16.5. The molecule has 0 aromatic heterocycles. The molecule has 0 saturated carbocycles. The van der Waals surface area contributed by atoms with E-state index in [1.165, 1.54) is 19.2 Å². The highest BCUT2D eigenvalue weighted by atomic mass is 19.1. The molecule has 2 atom stereocenters. The Labute approximate surface area is 169 Å². The van der Waals surface area contributed by atoms with E-state index in [2.05, 4.69) is 21.2 Å². The van der Waals surface area contributed by atoms with Gasteiger partial charge in [-0.1, -0.05) is 0 Å². The third-order valence-electron chi connectivity index (χ3n) is 4.94. The number of anilines is 1. The number of piperidine rings is 1. The second kappa shape index (κ2) is 10.7. The predicted molar refractivity (Wildman–Crippen MR) is 107 cm³/mol. The Morgan fingerprint density at radius 3 is 2.66 bits per heavy atom. The van der Waals surface area contributed by atoms with E-state index < -0.39 is 23.9 Å². The number of hydrogen-bond acceptors (Lipinski definition) is 7.